The molecule has 1 fully saturated rings. The van der Waals surface area contributed by atoms with Crippen LogP contribution in [0.3, 0.4) is 0 Å². The molecule has 1 saturated heterocycles. The van der Waals surface area contributed by atoms with Crippen LogP contribution >= 0.6 is 0 Å². The van der Waals surface area contributed by atoms with Gasteiger partial charge in [0.25, 0.3) is 5.91 Å². The number of rotatable bonds is 3. The van der Waals surface area contributed by atoms with Crippen molar-refractivity contribution in [2.75, 3.05) is 32.7 Å². The molecule has 3 amide bonds. The maximum Gasteiger partial charge on any atom is 0.254 e. The quantitative estimate of drug-likeness (QED) is 0.915. The monoisotopic (exact) mass is 339 g/mol. The molecule has 25 heavy (non-hydrogen) atoms. The molecule has 130 valence electrons. The maximum atomic E-state index is 12.9. The van der Waals surface area contributed by atoms with Crippen molar-refractivity contribution in [2.24, 2.45) is 0 Å². The summed E-state index contributed by atoms with van der Waals surface area (Å²) in [5.74, 6) is -0.351. The Labute approximate surface area is 146 Å². The van der Waals surface area contributed by atoms with Crippen LogP contribution in [-0.4, -0.2) is 60.2 Å². The summed E-state index contributed by atoms with van der Waals surface area (Å²) in [7, 11) is 0. The molecular formula is C19H21N3O3. The highest BCUT2D eigenvalue weighted by atomic mass is 16.2. The number of benzene rings is 2. The molecule has 1 heterocycles. The van der Waals surface area contributed by atoms with E-state index in [1.807, 2.05) is 42.5 Å². The second kappa shape index (κ2) is 7.34. The van der Waals surface area contributed by atoms with E-state index >= 15 is 0 Å². The molecule has 0 aromatic heterocycles. The number of carbonyl (C=O) groups is 3. The van der Waals surface area contributed by atoms with E-state index in [0.29, 0.717) is 31.7 Å². The molecule has 0 radical (unpaired) electrons. The Morgan fingerprint density at radius 3 is 2.28 bits per heavy atom. The smallest absolute Gasteiger partial charge is 0.254 e. The van der Waals surface area contributed by atoms with Crippen LogP contribution in [0, 0.1) is 0 Å². The van der Waals surface area contributed by atoms with Crippen LogP contribution in [0.1, 0.15) is 17.3 Å². The van der Waals surface area contributed by atoms with E-state index < -0.39 is 0 Å². The normalized spacial score (nSPS) is 14.4. The predicted molar refractivity (Wildman–Crippen MR) is 95.1 cm³/mol. The number of carbonyl (C=O) groups excluding carboxylic acids is 3. The van der Waals surface area contributed by atoms with Gasteiger partial charge in [-0.15, -0.1) is 0 Å². The predicted octanol–water partition coefficient (Wildman–Crippen LogP) is 1.26. The van der Waals surface area contributed by atoms with Gasteiger partial charge in [-0.1, -0.05) is 36.4 Å². The van der Waals surface area contributed by atoms with E-state index in [4.69, 9.17) is 0 Å². The molecule has 0 spiro atoms. The van der Waals surface area contributed by atoms with Crippen molar-refractivity contribution >= 4 is 28.5 Å². The third kappa shape index (κ3) is 3.79. The Hall–Kier alpha value is -2.89. The molecular weight excluding hydrogens is 318 g/mol. The minimum Gasteiger partial charge on any atom is -0.347 e. The van der Waals surface area contributed by atoms with Gasteiger partial charge < -0.3 is 15.1 Å². The lowest BCUT2D eigenvalue weighted by Crippen LogP contribution is -2.52. The molecule has 0 unspecified atom stereocenters. The molecule has 0 aliphatic carbocycles. The van der Waals surface area contributed by atoms with Gasteiger partial charge in [0, 0.05) is 38.7 Å². The molecule has 0 saturated carbocycles. The summed E-state index contributed by atoms with van der Waals surface area (Å²) in [6, 6.07) is 13.6. The Bertz CT molecular complexity index is 805. The van der Waals surface area contributed by atoms with Crippen molar-refractivity contribution in [1.29, 1.82) is 0 Å². The fourth-order valence-corrected chi connectivity index (χ4v) is 3.05. The standard InChI is InChI=1S/C19H21N3O3/c1-14(23)20-13-18(24)21-9-11-22(12-10-21)19(25)17-8-4-6-15-5-2-3-7-16(15)17/h2-8H,9-13H2,1H3,(H,20,23). The van der Waals surface area contributed by atoms with E-state index in [0.717, 1.165) is 10.8 Å². The average molecular weight is 339 g/mol. The Balaban J connectivity index is 1.65. The van der Waals surface area contributed by atoms with Crippen molar-refractivity contribution in [2.45, 2.75) is 6.92 Å². The molecule has 6 nitrogen and oxygen atoms in total. The number of hydrogen-bond donors (Lipinski definition) is 1. The number of nitrogens with one attached hydrogen (secondary N) is 1. The van der Waals surface area contributed by atoms with Gasteiger partial charge in [0.2, 0.25) is 11.8 Å². The molecule has 0 bridgehead atoms. The zero-order chi connectivity index (χ0) is 17.8. The summed E-state index contributed by atoms with van der Waals surface area (Å²) in [6.45, 7) is 3.34. The Morgan fingerprint density at radius 1 is 0.920 bits per heavy atom. The minimum atomic E-state index is -0.224. The topological polar surface area (TPSA) is 69.7 Å². The van der Waals surface area contributed by atoms with Gasteiger partial charge in [0.15, 0.2) is 0 Å². The lowest BCUT2D eigenvalue weighted by atomic mass is 10.0. The van der Waals surface area contributed by atoms with Crippen molar-refractivity contribution in [3.63, 3.8) is 0 Å². The van der Waals surface area contributed by atoms with E-state index in [-0.39, 0.29) is 24.3 Å². The summed E-state index contributed by atoms with van der Waals surface area (Å²) < 4.78 is 0. The SMILES string of the molecule is CC(=O)NCC(=O)N1CCN(C(=O)c2cccc3ccccc23)CC1. The first kappa shape index (κ1) is 17.0. The first-order valence-corrected chi connectivity index (χ1v) is 8.35. The van der Waals surface area contributed by atoms with Gasteiger partial charge in [-0.05, 0) is 16.8 Å². The van der Waals surface area contributed by atoms with Crippen LogP contribution in [-0.2, 0) is 9.59 Å². The van der Waals surface area contributed by atoms with Crippen molar-refractivity contribution in [3.05, 3.63) is 48.0 Å². The second-order valence-electron chi connectivity index (χ2n) is 6.11. The summed E-state index contributed by atoms with van der Waals surface area (Å²) in [6.07, 6.45) is 0. The fourth-order valence-electron chi connectivity index (χ4n) is 3.05. The lowest BCUT2D eigenvalue weighted by Gasteiger charge is -2.35. The summed E-state index contributed by atoms with van der Waals surface area (Å²) >= 11 is 0. The molecule has 1 aliphatic rings. The largest absolute Gasteiger partial charge is 0.347 e. The van der Waals surface area contributed by atoms with Gasteiger partial charge in [0.1, 0.15) is 0 Å². The van der Waals surface area contributed by atoms with Crippen molar-refractivity contribution in [3.8, 4) is 0 Å². The van der Waals surface area contributed by atoms with Gasteiger partial charge in [-0.2, -0.15) is 0 Å². The van der Waals surface area contributed by atoms with Crippen LogP contribution in [0.2, 0.25) is 0 Å². The highest BCUT2D eigenvalue weighted by Crippen LogP contribution is 2.20. The molecule has 3 rings (SSSR count). The number of piperazine rings is 1. The van der Waals surface area contributed by atoms with Gasteiger partial charge in [0.05, 0.1) is 6.54 Å². The molecule has 1 N–H and O–H groups in total. The van der Waals surface area contributed by atoms with E-state index in [2.05, 4.69) is 5.32 Å². The fraction of sp³-hybridized carbons (Fsp3) is 0.316. The Kier molecular flexibility index (Phi) is 4.97. The first-order valence-electron chi connectivity index (χ1n) is 8.35. The minimum absolute atomic E-state index is 0.00655. The van der Waals surface area contributed by atoms with E-state index in [1.54, 1.807) is 9.80 Å². The van der Waals surface area contributed by atoms with Gasteiger partial charge in [-0.25, -0.2) is 0 Å². The molecule has 6 heteroatoms. The number of fused-ring (bicyclic) bond motifs is 1. The van der Waals surface area contributed by atoms with E-state index in [9.17, 15) is 14.4 Å². The maximum absolute atomic E-state index is 12.9. The lowest BCUT2D eigenvalue weighted by molar-refractivity contribution is -0.133. The van der Waals surface area contributed by atoms with E-state index in [1.165, 1.54) is 6.92 Å². The zero-order valence-corrected chi connectivity index (χ0v) is 14.2. The number of amides is 3. The molecule has 0 atom stereocenters. The highest BCUT2D eigenvalue weighted by Gasteiger charge is 2.25. The molecule has 2 aromatic carbocycles. The molecule has 1 aliphatic heterocycles. The second-order valence-corrected chi connectivity index (χ2v) is 6.11. The van der Waals surface area contributed by atoms with Crippen LogP contribution in [0.5, 0.6) is 0 Å². The van der Waals surface area contributed by atoms with Crippen molar-refractivity contribution < 1.29 is 14.4 Å². The Morgan fingerprint density at radius 2 is 1.56 bits per heavy atom. The van der Waals surface area contributed by atoms with Crippen LogP contribution in [0.4, 0.5) is 0 Å². The highest BCUT2D eigenvalue weighted by molar-refractivity contribution is 6.07. The van der Waals surface area contributed by atoms with Crippen LogP contribution in [0.25, 0.3) is 10.8 Å². The number of nitrogens with zero attached hydrogens (tertiary/aromatic N) is 2. The zero-order valence-electron chi connectivity index (χ0n) is 14.2. The third-order valence-corrected chi connectivity index (χ3v) is 4.43. The summed E-state index contributed by atoms with van der Waals surface area (Å²) in [5, 5.41) is 4.49. The third-order valence-electron chi connectivity index (χ3n) is 4.43. The summed E-state index contributed by atoms with van der Waals surface area (Å²) in [5.41, 5.74) is 0.691. The van der Waals surface area contributed by atoms with Gasteiger partial charge in [-0.3, -0.25) is 14.4 Å². The first-order chi connectivity index (χ1) is 12.1. The van der Waals surface area contributed by atoms with Crippen LogP contribution < -0.4 is 5.32 Å². The van der Waals surface area contributed by atoms with Crippen molar-refractivity contribution in [1.82, 2.24) is 15.1 Å². The average Bonchev–Trinajstić information content (AvgIpc) is 2.65. The van der Waals surface area contributed by atoms with Gasteiger partial charge >= 0.3 is 0 Å². The summed E-state index contributed by atoms with van der Waals surface area (Å²) in [4.78, 5) is 39.3. The van der Waals surface area contributed by atoms with Crippen LogP contribution in [0.15, 0.2) is 42.5 Å². The number of hydrogen-bond acceptors (Lipinski definition) is 3. The molecule has 2 aromatic rings.